The van der Waals surface area contributed by atoms with Crippen LogP contribution in [0.5, 0.6) is 5.75 Å². The largest absolute Gasteiger partial charge is 0.508 e. The molecule has 0 aromatic heterocycles. The Bertz CT molecular complexity index is 568. The number of hydrogen-bond donors (Lipinski definition) is 1. The molecule has 1 amide bonds. The van der Waals surface area contributed by atoms with E-state index in [9.17, 15) is 9.90 Å². The highest BCUT2D eigenvalue weighted by atomic mass is 16.3. The van der Waals surface area contributed by atoms with Gasteiger partial charge < -0.3 is 5.11 Å². The summed E-state index contributed by atoms with van der Waals surface area (Å²) in [6.45, 7) is 0. The molecule has 3 rings (SSSR count). The van der Waals surface area contributed by atoms with Gasteiger partial charge in [0.1, 0.15) is 11.5 Å². The summed E-state index contributed by atoms with van der Waals surface area (Å²) in [5.74, 6) is -0.163. The highest BCUT2D eigenvalue weighted by Crippen LogP contribution is 2.37. The van der Waals surface area contributed by atoms with Crippen molar-refractivity contribution >= 4 is 29.1 Å². The standard InChI is InChI=1S/C11H6N2O2/c14-6-1-2-9-8(5-6)7-3-4-12-11(15)10(7)13-9/h1-5,14H. The van der Waals surface area contributed by atoms with Gasteiger partial charge in [0, 0.05) is 17.4 Å². The number of phenolic OH excluding ortho intramolecular Hbond substituents is 1. The van der Waals surface area contributed by atoms with Gasteiger partial charge in [-0.3, -0.25) is 4.79 Å². The summed E-state index contributed by atoms with van der Waals surface area (Å²) < 4.78 is 0. The number of carbonyl (C=O) groups is 1. The SMILES string of the molecule is O=C1N=CC=C2C1=Nc1ccc(O)cc12. The highest BCUT2D eigenvalue weighted by molar-refractivity contribution is 6.60. The number of fused-ring (bicyclic) bond motifs is 3. The van der Waals surface area contributed by atoms with Crippen molar-refractivity contribution in [1.29, 1.82) is 0 Å². The lowest BCUT2D eigenvalue weighted by Gasteiger charge is -2.04. The van der Waals surface area contributed by atoms with Crippen molar-refractivity contribution in [2.24, 2.45) is 9.98 Å². The Kier molecular flexibility index (Phi) is 1.42. The van der Waals surface area contributed by atoms with E-state index in [0.717, 1.165) is 11.1 Å². The minimum atomic E-state index is -0.330. The Labute approximate surface area is 85.3 Å². The molecule has 72 valence electrons. The van der Waals surface area contributed by atoms with Crippen molar-refractivity contribution in [3.8, 4) is 5.75 Å². The molecule has 1 aromatic carbocycles. The fourth-order valence-electron chi connectivity index (χ4n) is 1.72. The predicted octanol–water partition coefficient (Wildman–Crippen LogP) is 1.47. The van der Waals surface area contributed by atoms with Crippen LogP contribution in [0.1, 0.15) is 5.56 Å². The van der Waals surface area contributed by atoms with Crippen LogP contribution in [-0.2, 0) is 4.79 Å². The van der Waals surface area contributed by atoms with Crippen LogP contribution in [-0.4, -0.2) is 22.9 Å². The minimum absolute atomic E-state index is 0.168. The van der Waals surface area contributed by atoms with Gasteiger partial charge in [-0.1, -0.05) is 0 Å². The second-order valence-electron chi connectivity index (χ2n) is 3.33. The molecular weight excluding hydrogens is 192 g/mol. The molecule has 4 heteroatoms. The van der Waals surface area contributed by atoms with Crippen LogP contribution in [0.3, 0.4) is 0 Å². The number of aromatic hydroxyl groups is 1. The van der Waals surface area contributed by atoms with Crippen molar-refractivity contribution < 1.29 is 9.90 Å². The van der Waals surface area contributed by atoms with Crippen molar-refractivity contribution in [3.05, 3.63) is 29.8 Å². The number of hydrogen-bond acceptors (Lipinski definition) is 3. The summed E-state index contributed by atoms with van der Waals surface area (Å²) in [5, 5.41) is 9.36. The lowest BCUT2D eigenvalue weighted by atomic mass is 10.0. The Balaban J connectivity index is 2.27. The zero-order chi connectivity index (χ0) is 10.4. The van der Waals surface area contributed by atoms with Crippen LogP contribution in [0.4, 0.5) is 5.69 Å². The van der Waals surface area contributed by atoms with Gasteiger partial charge in [0.2, 0.25) is 0 Å². The lowest BCUT2D eigenvalue weighted by molar-refractivity contribution is -0.111. The van der Waals surface area contributed by atoms with Crippen LogP contribution in [0, 0.1) is 0 Å². The van der Waals surface area contributed by atoms with E-state index >= 15 is 0 Å². The Morgan fingerprint density at radius 2 is 2.13 bits per heavy atom. The molecule has 0 radical (unpaired) electrons. The van der Waals surface area contributed by atoms with Gasteiger partial charge in [-0.2, -0.15) is 0 Å². The van der Waals surface area contributed by atoms with Gasteiger partial charge >= 0.3 is 0 Å². The van der Waals surface area contributed by atoms with Gasteiger partial charge in [-0.15, -0.1) is 0 Å². The number of nitrogens with zero attached hydrogens (tertiary/aromatic N) is 2. The van der Waals surface area contributed by atoms with Crippen molar-refractivity contribution in [2.75, 3.05) is 0 Å². The number of aliphatic imine (C=N–C) groups is 2. The first kappa shape index (κ1) is 8.11. The maximum atomic E-state index is 11.4. The van der Waals surface area contributed by atoms with Gasteiger partial charge in [0.25, 0.3) is 5.91 Å². The maximum absolute atomic E-state index is 11.4. The third-order valence-electron chi connectivity index (χ3n) is 2.39. The van der Waals surface area contributed by atoms with Crippen LogP contribution >= 0.6 is 0 Å². The molecule has 2 aliphatic heterocycles. The minimum Gasteiger partial charge on any atom is -0.508 e. The number of benzene rings is 1. The molecule has 1 aromatic rings. The number of amides is 1. The first-order valence-corrected chi connectivity index (χ1v) is 4.47. The molecule has 15 heavy (non-hydrogen) atoms. The zero-order valence-corrected chi connectivity index (χ0v) is 7.64. The van der Waals surface area contributed by atoms with Gasteiger partial charge in [0.15, 0.2) is 0 Å². The van der Waals surface area contributed by atoms with E-state index in [2.05, 4.69) is 9.98 Å². The molecule has 0 fully saturated rings. The first-order valence-electron chi connectivity index (χ1n) is 4.47. The third kappa shape index (κ3) is 1.05. The molecule has 0 spiro atoms. The topological polar surface area (TPSA) is 62.0 Å². The van der Waals surface area contributed by atoms with Gasteiger partial charge in [-0.05, 0) is 24.3 Å². The number of allylic oxidation sites excluding steroid dienone is 1. The molecule has 4 nitrogen and oxygen atoms in total. The molecule has 0 saturated heterocycles. The normalized spacial score (nSPS) is 16.9. The second kappa shape index (κ2) is 2.63. The van der Waals surface area contributed by atoms with E-state index in [4.69, 9.17) is 0 Å². The summed E-state index contributed by atoms with van der Waals surface area (Å²) in [7, 11) is 0. The quantitative estimate of drug-likeness (QED) is 0.686. The Morgan fingerprint density at radius 3 is 3.00 bits per heavy atom. The third-order valence-corrected chi connectivity index (χ3v) is 2.39. The van der Waals surface area contributed by atoms with E-state index in [1.807, 2.05) is 0 Å². The number of phenols is 1. The molecule has 0 aliphatic carbocycles. The number of rotatable bonds is 0. The summed E-state index contributed by atoms with van der Waals surface area (Å²) in [6.07, 6.45) is 3.18. The fourth-order valence-corrected chi connectivity index (χ4v) is 1.72. The Hall–Kier alpha value is -2.23. The van der Waals surface area contributed by atoms with E-state index in [-0.39, 0.29) is 11.7 Å². The highest BCUT2D eigenvalue weighted by Gasteiger charge is 2.27. The zero-order valence-electron chi connectivity index (χ0n) is 7.64. The molecule has 1 N–H and O–H groups in total. The molecule has 0 saturated carbocycles. The summed E-state index contributed by atoms with van der Waals surface area (Å²) in [6, 6.07) is 4.83. The molecule has 2 aliphatic rings. The fraction of sp³-hybridized carbons (Fsp3) is 0. The van der Waals surface area contributed by atoms with E-state index in [0.29, 0.717) is 11.4 Å². The smallest absolute Gasteiger partial charge is 0.296 e. The molecule has 0 atom stereocenters. The van der Waals surface area contributed by atoms with Crippen molar-refractivity contribution in [2.45, 2.75) is 0 Å². The van der Waals surface area contributed by atoms with E-state index < -0.39 is 0 Å². The average molecular weight is 198 g/mol. The summed E-state index contributed by atoms with van der Waals surface area (Å²) in [5.41, 5.74) is 2.58. The maximum Gasteiger partial charge on any atom is 0.296 e. The van der Waals surface area contributed by atoms with Crippen LogP contribution < -0.4 is 0 Å². The first-order chi connectivity index (χ1) is 7.25. The number of carbonyl (C=O) groups excluding carboxylic acids is 1. The average Bonchev–Trinajstić information content (AvgIpc) is 2.58. The Morgan fingerprint density at radius 1 is 1.27 bits per heavy atom. The molecule has 2 heterocycles. The van der Waals surface area contributed by atoms with Crippen LogP contribution in [0.25, 0.3) is 5.57 Å². The predicted molar refractivity (Wildman–Crippen MR) is 56.7 cm³/mol. The number of dihydropyridines is 1. The lowest BCUT2D eigenvalue weighted by Crippen LogP contribution is -2.13. The van der Waals surface area contributed by atoms with Crippen LogP contribution in [0.15, 0.2) is 34.3 Å². The molecular formula is C11H6N2O2. The molecule has 0 bridgehead atoms. The van der Waals surface area contributed by atoms with Gasteiger partial charge in [0.05, 0.1) is 5.69 Å². The van der Waals surface area contributed by atoms with Crippen LogP contribution in [0.2, 0.25) is 0 Å². The van der Waals surface area contributed by atoms with E-state index in [1.165, 1.54) is 6.21 Å². The summed E-state index contributed by atoms with van der Waals surface area (Å²) >= 11 is 0. The summed E-state index contributed by atoms with van der Waals surface area (Å²) in [4.78, 5) is 19.2. The van der Waals surface area contributed by atoms with E-state index in [1.54, 1.807) is 24.3 Å². The van der Waals surface area contributed by atoms with Crippen molar-refractivity contribution in [3.63, 3.8) is 0 Å². The van der Waals surface area contributed by atoms with Gasteiger partial charge in [-0.25, -0.2) is 9.98 Å². The van der Waals surface area contributed by atoms with Crippen molar-refractivity contribution in [1.82, 2.24) is 0 Å². The second-order valence-corrected chi connectivity index (χ2v) is 3.33. The molecule has 0 unspecified atom stereocenters. The monoisotopic (exact) mass is 198 g/mol.